The second kappa shape index (κ2) is 7.85. The minimum Gasteiger partial charge on any atom is -0.492 e. The van der Waals surface area contributed by atoms with Crippen molar-refractivity contribution in [3.8, 4) is 5.75 Å². The van der Waals surface area contributed by atoms with E-state index in [1.807, 2.05) is 25.9 Å². The molecule has 20 heavy (non-hydrogen) atoms. The van der Waals surface area contributed by atoms with Gasteiger partial charge in [-0.05, 0) is 38.7 Å². The number of benzene rings is 1. The average Bonchev–Trinajstić information content (AvgIpc) is 2.37. The van der Waals surface area contributed by atoms with Crippen LogP contribution in [-0.2, 0) is 4.79 Å². The van der Waals surface area contributed by atoms with Gasteiger partial charge in [0.1, 0.15) is 18.2 Å². The molecule has 0 fully saturated rings. The van der Waals surface area contributed by atoms with Crippen molar-refractivity contribution in [2.45, 2.75) is 26.3 Å². The molecular formula is C15H23FN2O2. The number of hydrogen-bond donors (Lipinski definition) is 1. The van der Waals surface area contributed by atoms with Crippen LogP contribution >= 0.6 is 0 Å². The lowest BCUT2D eigenvalue weighted by Gasteiger charge is -2.16. The third kappa shape index (κ3) is 5.57. The molecule has 0 aliphatic heterocycles. The highest BCUT2D eigenvalue weighted by Gasteiger charge is 2.11. The molecule has 112 valence electrons. The van der Waals surface area contributed by atoms with Gasteiger partial charge in [-0.2, -0.15) is 0 Å². The predicted octanol–water partition coefficient (Wildman–Crippen LogP) is 2.35. The molecule has 5 heteroatoms. The van der Waals surface area contributed by atoms with Crippen LogP contribution < -0.4 is 10.1 Å². The summed E-state index contributed by atoms with van der Waals surface area (Å²) in [5.74, 6) is 0.0660. The maximum atomic E-state index is 13.6. The van der Waals surface area contributed by atoms with Crippen LogP contribution in [0.1, 0.15) is 31.9 Å². The molecule has 0 saturated heterocycles. The molecule has 0 aromatic heterocycles. The minimum absolute atomic E-state index is 0.0585. The van der Waals surface area contributed by atoms with Crippen LogP contribution in [0.3, 0.4) is 0 Å². The molecule has 0 unspecified atom stereocenters. The Balaban J connectivity index is 2.72. The van der Waals surface area contributed by atoms with Gasteiger partial charge in [-0.25, -0.2) is 4.39 Å². The number of rotatable bonds is 7. The Morgan fingerprint density at radius 1 is 1.40 bits per heavy atom. The van der Waals surface area contributed by atoms with Gasteiger partial charge in [0.15, 0.2) is 0 Å². The van der Waals surface area contributed by atoms with E-state index in [1.165, 1.54) is 12.1 Å². The van der Waals surface area contributed by atoms with Crippen molar-refractivity contribution in [2.24, 2.45) is 0 Å². The standard InChI is InChI=1S/C15H23FN2O2/c1-5-15(19)17-11(2)12-8-13(16)10-14(9-12)20-7-6-18(3)4/h8-11H,5-7H2,1-4H3,(H,17,19)/t11-/m1/s1. The highest BCUT2D eigenvalue weighted by molar-refractivity contribution is 5.76. The molecule has 0 radical (unpaired) electrons. The Morgan fingerprint density at radius 3 is 2.70 bits per heavy atom. The number of carbonyl (C=O) groups excluding carboxylic acids is 1. The quantitative estimate of drug-likeness (QED) is 0.834. The van der Waals surface area contributed by atoms with Gasteiger partial charge in [-0.1, -0.05) is 6.92 Å². The fourth-order valence-electron chi connectivity index (χ4n) is 1.69. The molecule has 1 aromatic rings. The molecule has 0 bridgehead atoms. The van der Waals surface area contributed by atoms with E-state index in [0.29, 0.717) is 24.3 Å². The summed E-state index contributed by atoms with van der Waals surface area (Å²) in [5.41, 5.74) is 0.701. The third-order valence-electron chi connectivity index (χ3n) is 2.90. The maximum Gasteiger partial charge on any atom is 0.220 e. The van der Waals surface area contributed by atoms with E-state index >= 15 is 0 Å². The van der Waals surface area contributed by atoms with Gasteiger partial charge >= 0.3 is 0 Å². The van der Waals surface area contributed by atoms with Gasteiger partial charge < -0.3 is 15.0 Å². The number of amides is 1. The van der Waals surface area contributed by atoms with E-state index in [4.69, 9.17) is 4.74 Å². The summed E-state index contributed by atoms with van der Waals surface area (Å²) < 4.78 is 19.1. The van der Waals surface area contributed by atoms with E-state index in [0.717, 1.165) is 6.54 Å². The van der Waals surface area contributed by atoms with E-state index in [2.05, 4.69) is 5.32 Å². The minimum atomic E-state index is -0.361. The summed E-state index contributed by atoms with van der Waals surface area (Å²) in [5, 5.41) is 2.81. The molecule has 1 rings (SSSR count). The van der Waals surface area contributed by atoms with Gasteiger partial charge in [0, 0.05) is 19.0 Å². The zero-order chi connectivity index (χ0) is 15.1. The first-order chi connectivity index (χ1) is 9.42. The van der Waals surface area contributed by atoms with Crippen molar-refractivity contribution in [3.05, 3.63) is 29.6 Å². The van der Waals surface area contributed by atoms with Gasteiger partial charge in [0.25, 0.3) is 0 Å². The number of likely N-dealkylation sites (N-methyl/N-ethyl adjacent to an activating group) is 1. The molecule has 0 aliphatic rings. The Kier molecular flexibility index (Phi) is 6.45. The lowest BCUT2D eigenvalue weighted by molar-refractivity contribution is -0.121. The van der Waals surface area contributed by atoms with Crippen molar-refractivity contribution < 1.29 is 13.9 Å². The molecule has 1 atom stereocenters. The van der Waals surface area contributed by atoms with Crippen LogP contribution in [0.15, 0.2) is 18.2 Å². The Morgan fingerprint density at radius 2 is 2.10 bits per heavy atom. The number of nitrogens with zero attached hydrogens (tertiary/aromatic N) is 1. The van der Waals surface area contributed by atoms with Gasteiger partial charge in [0.05, 0.1) is 6.04 Å². The number of ether oxygens (including phenoxy) is 1. The summed E-state index contributed by atoms with van der Waals surface area (Å²) in [6.07, 6.45) is 0.409. The summed E-state index contributed by atoms with van der Waals surface area (Å²) in [7, 11) is 3.89. The first-order valence-electron chi connectivity index (χ1n) is 6.79. The van der Waals surface area contributed by atoms with E-state index in [9.17, 15) is 9.18 Å². The summed E-state index contributed by atoms with van der Waals surface area (Å²) in [6, 6.07) is 4.29. The van der Waals surface area contributed by atoms with Crippen LogP contribution in [0.4, 0.5) is 4.39 Å². The molecule has 1 aromatic carbocycles. The summed E-state index contributed by atoms with van der Waals surface area (Å²) in [6.45, 7) is 4.86. The van der Waals surface area contributed by atoms with Crippen LogP contribution in [0, 0.1) is 5.82 Å². The van der Waals surface area contributed by atoms with E-state index in [1.54, 1.807) is 13.0 Å². The number of carbonyl (C=O) groups is 1. The van der Waals surface area contributed by atoms with Crippen molar-refractivity contribution in [3.63, 3.8) is 0 Å². The Labute approximate surface area is 119 Å². The first kappa shape index (κ1) is 16.4. The zero-order valence-corrected chi connectivity index (χ0v) is 12.6. The molecule has 0 spiro atoms. The number of nitrogens with one attached hydrogen (secondary N) is 1. The highest BCUT2D eigenvalue weighted by atomic mass is 19.1. The van der Waals surface area contributed by atoms with Gasteiger partial charge in [-0.3, -0.25) is 4.79 Å². The van der Waals surface area contributed by atoms with Crippen LogP contribution in [0.25, 0.3) is 0 Å². The van der Waals surface area contributed by atoms with Crippen LogP contribution in [-0.4, -0.2) is 38.1 Å². The maximum absolute atomic E-state index is 13.6. The molecular weight excluding hydrogens is 259 g/mol. The smallest absolute Gasteiger partial charge is 0.220 e. The van der Waals surface area contributed by atoms with Crippen LogP contribution in [0.5, 0.6) is 5.75 Å². The second-order valence-corrected chi connectivity index (χ2v) is 5.01. The summed E-state index contributed by atoms with van der Waals surface area (Å²) >= 11 is 0. The van der Waals surface area contributed by atoms with Crippen molar-refractivity contribution in [2.75, 3.05) is 27.2 Å². The van der Waals surface area contributed by atoms with Crippen molar-refractivity contribution >= 4 is 5.91 Å². The largest absolute Gasteiger partial charge is 0.492 e. The molecule has 0 saturated carbocycles. The monoisotopic (exact) mass is 282 g/mol. The predicted molar refractivity (Wildman–Crippen MR) is 77.3 cm³/mol. The van der Waals surface area contributed by atoms with Crippen LogP contribution in [0.2, 0.25) is 0 Å². The third-order valence-corrected chi connectivity index (χ3v) is 2.90. The topological polar surface area (TPSA) is 41.6 Å². The molecule has 0 heterocycles. The van der Waals surface area contributed by atoms with E-state index in [-0.39, 0.29) is 17.8 Å². The lowest BCUT2D eigenvalue weighted by atomic mass is 10.1. The van der Waals surface area contributed by atoms with Crippen molar-refractivity contribution in [1.29, 1.82) is 0 Å². The van der Waals surface area contributed by atoms with E-state index < -0.39 is 0 Å². The fraction of sp³-hybridized carbons (Fsp3) is 0.533. The second-order valence-electron chi connectivity index (χ2n) is 5.01. The van der Waals surface area contributed by atoms with Gasteiger partial charge in [0.2, 0.25) is 5.91 Å². The SMILES string of the molecule is CCC(=O)N[C@H](C)c1cc(F)cc(OCCN(C)C)c1. The number of halogens is 1. The molecule has 4 nitrogen and oxygen atoms in total. The highest BCUT2D eigenvalue weighted by Crippen LogP contribution is 2.21. The molecule has 1 amide bonds. The Hall–Kier alpha value is -1.62. The first-order valence-corrected chi connectivity index (χ1v) is 6.79. The lowest BCUT2D eigenvalue weighted by Crippen LogP contribution is -2.25. The molecule has 0 aliphatic carbocycles. The van der Waals surface area contributed by atoms with Gasteiger partial charge in [-0.15, -0.1) is 0 Å². The number of hydrogen-bond acceptors (Lipinski definition) is 3. The summed E-state index contributed by atoms with van der Waals surface area (Å²) in [4.78, 5) is 13.4. The fourth-order valence-corrected chi connectivity index (χ4v) is 1.69. The average molecular weight is 282 g/mol. The normalized spacial score (nSPS) is 12.3. The Bertz CT molecular complexity index is 449. The zero-order valence-electron chi connectivity index (χ0n) is 12.6. The molecule has 1 N–H and O–H groups in total. The van der Waals surface area contributed by atoms with Crippen molar-refractivity contribution in [1.82, 2.24) is 10.2 Å².